The van der Waals surface area contributed by atoms with E-state index in [1.54, 1.807) is 18.2 Å². The summed E-state index contributed by atoms with van der Waals surface area (Å²) in [5.41, 5.74) is -0.582. The second kappa shape index (κ2) is 8.82. The molecular formula is C22H22Cl2F3NO. The van der Waals surface area contributed by atoms with Gasteiger partial charge in [0.2, 0.25) is 0 Å². The molecule has 0 aliphatic heterocycles. The summed E-state index contributed by atoms with van der Waals surface area (Å²) in [7, 11) is 0. The minimum Gasteiger partial charge on any atom is -0.385 e. The first kappa shape index (κ1) is 23.3. The molecule has 0 radical (unpaired) electrons. The van der Waals surface area contributed by atoms with Gasteiger partial charge >= 0.3 is 6.18 Å². The van der Waals surface area contributed by atoms with Crippen LogP contribution in [0, 0.1) is 6.92 Å². The van der Waals surface area contributed by atoms with Crippen molar-refractivity contribution in [1.82, 2.24) is 5.32 Å². The van der Waals surface area contributed by atoms with Crippen molar-refractivity contribution in [3.63, 3.8) is 0 Å². The fourth-order valence-electron chi connectivity index (χ4n) is 3.10. The third-order valence-corrected chi connectivity index (χ3v) is 5.06. The van der Waals surface area contributed by atoms with Crippen molar-refractivity contribution in [3.8, 4) is 0 Å². The molecule has 0 fully saturated rings. The van der Waals surface area contributed by atoms with Crippen LogP contribution in [0.15, 0.2) is 49.6 Å². The molecule has 7 heteroatoms. The molecule has 0 spiro atoms. The number of benzene rings is 2. The lowest BCUT2D eigenvalue weighted by atomic mass is 9.84. The van der Waals surface area contributed by atoms with E-state index >= 15 is 0 Å². The van der Waals surface area contributed by atoms with Gasteiger partial charge in [0.05, 0.1) is 0 Å². The first-order valence-electron chi connectivity index (χ1n) is 8.86. The van der Waals surface area contributed by atoms with Gasteiger partial charge in [-0.3, -0.25) is 0 Å². The smallest absolute Gasteiger partial charge is 0.385 e. The molecule has 2 aromatic rings. The number of hydrogen-bond acceptors (Lipinski definition) is 2. The molecule has 29 heavy (non-hydrogen) atoms. The molecule has 1 unspecified atom stereocenters. The van der Waals surface area contributed by atoms with E-state index in [0.29, 0.717) is 12.1 Å². The van der Waals surface area contributed by atoms with Crippen molar-refractivity contribution in [3.05, 3.63) is 81.9 Å². The Kier molecular flexibility index (Phi) is 7.10. The predicted octanol–water partition coefficient (Wildman–Crippen LogP) is 6.74. The van der Waals surface area contributed by atoms with Crippen LogP contribution in [0.2, 0.25) is 10.0 Å². The standard InChI is InChI=1S/C22H22Cl2F3NO/c1-5-28-15(4)20-7-6-16(8-13(20)2)14(3)12-21(29,22(25,26)27)17-9-18(23)11-19(24)10-17/h6-11,28-29H,3-5,12H2,1-2H3. The van der Waals surface area contributed by atoms with Gasteiger partial charge in [-0.1, -0.05) is 54.6 Å². The summed E-state index contributed by atoms with van der Waals surface area (Å²) in [5, 5.41) is 13.8. The van der Waals surface area contributed by atoms with Crippen LogP contribution in [-0.4, -0.2) is 17.8 Å². The lowest BCUT2D eigenvalue weighted by molar-refractivity contribution is -0.264. The minimum absolute atomic E-state index is 0.00270. The van der Waals surface area contributed by atoms with Crippen molar-refractivity contribution in [2.75, 3.05) is 6.54 Å². The summed E-state index contributed by atoms with van der Waals surface area (Å²) < 4.78 is 41.6. The van der Waals surface area contributed by atoms with Gasteiger partial charge in [0, 0.05) is 28.7 Å². The van der Waals surface area contributed by atoms with E-state index in [1.165, 1.54) is 6.07 Å². The predicted molar refractivity (Wildman–Crippen MR) is 114 cm³/mol. The van der Waals surface area contributed by atoms with Crippen LogP contribution < -0.4 is 5.32 Å². The van der Waals surface area contributed by atoms with Crippen molar-refractivity contribution in [2.24, 2.45) is 0 Å². The molecule has 0 amide bonds. The third-order valence-electron chi connectivity index (χ3n) is 4.63. The molecule has 2 aromatic carbocycles. The number of nitrogens with one attached hydrogen (secondary N) is 1. The van der Waals surface area contributed by atoms with Gasteiger partial charge in [-0.05, 0) is 59.9 Å². The molecule has 2 nitrogen and oxygen atoms in total. The number of hydrogen-bond donors (Lipinski definition) is 2. The number of aliphatic hydroxyl groups is 1. The molecular weight excluding hydrogens is 422 g/mol. The Hall–Kier alpha value is -1.95. The van der Waals surface area contributed by atoms with Crippen LogP contribution >= 0.6 is 23.2 Å². The number of rotatable bonds is 7. The third kappa shape index (κ3) is 5.16. The highest BCUT2D eigenvalue weighted by molar-refractivity contribution is 6.34. The average Bonchev–Trinajstić information content (AvgIpc) is 2.59. The van der Waals surface area contributed by atoms with Crippen LogP contribution in [0.1, 0.15) is 35.6 Å². The van der Waals surface area contributed by atoms with Crippen LogP contribution in [0.4, 0.5) is 13.2 Å². The maximum absolute atomic E-state index is 13.9. The maximum atomic E-state index is 13.9. The molecule has 0 aliphatic carbocycles. The lowest BCUT2D eigenvalue weighted by Gasteiger charge is -2.32. The Morgan fingerprint density at radius 3 is 2.14 bits per heavy atom. The Morgan fingerprint density at radius 1 is 1.07 bits per heavy atom. The summed E-state index contributed by atoms with van der Waals surface area (Å²) in [5.74, 6) is 0. The van der Waals surface area contributed by atoms with Gasteiger partial charge in [-0.15, -0.1) is 0 Å². The normalized spacial score (nSPS) is 13.7. The van der Waals surface area contributed by atoms with E-state index in [-0.39, 0.29) is 15.6 Å². The molecule has 0 saturated heterocycles. The van der Waals surface area contributed by atoms with E-state index in [9.17, 15) is 18.3 Å². The molecule has 0 saturated carbocycles. The highest BCUT2D eigenvalue weighted by atomic mass is 35.5. The van der Waals surface area contributed by atoms with Crippen LogP contribution in [0.25, 0.3) is 11.3 Å². The van der Waals surface area contributed by atoms with Gasteiger partial charge in [0.25, 0.3) is 0 Å². The van der Waals surface area contributed by atoms with Crippen molar-refractivity contribution >= 4 is 34.5 Å². The second-order valence-electron chi connectivity index (χ2n) is 6.84. The minimum atomic E-state index is -4.96. The lowest BCUT2D eigenvalue weighted by Crippen LogP contribution is -2.42. The SMILES string of the molecule is C=C(CC(O)(c1cc(Cl)cc(Cl)c1)C(F)(F)F)c1ccc(C(=C)NCC)c(C)c1. The maximum Gasteiger partial charge on any atom is 0.421 e. The van der Waals surface area contributed by atoms with Gasteiger partial charge in [0.1, 0.15) is 0 Å². The summed E-state index contributed by atoms with van der Waals surface area (Å²) in [4.78, 5) is 0. The number of aryl methyl sites for hydroxylation is 1. The summed E-state index contributed by atoms with van der Waals surface area (Å²) in [6, 6.07) is 8.57. The monoisotopic (exact) mass is 443 g/mol. The first-order valence-corrected chi connectivity index (χ1v) is 9.62. The summed E-state index contributed by atoms with van der Waals surface area (Å²) in [6.07, 6.45) is -5.72. The van der Waals surface area contributed by atoms with Gasteiger partial charge in [-0.2, -0.15) is 13.2 Å². The van der Waals surface area contributed by atoms with Crippen molar-refractivity contribution < 1.29 is 18.3 Å². The van der Waals surface area contributed by atoms with Crippen LogP contribution in [0.5, 0.6) is 0 Å². The zero-order valence-electron chi connectivity index (χ0n) is 16.1. The summed E-state index contributed by atoms with van der Waals surface area (Å²) in [6.45, 7) is 12.2. The molecule has 2 rings (SSSR count). The van der Waals surface area contributed by atoms with Crippen molar-refractivity contribution in [1.29, 1.82) is 0 Å². The first-order chi connectivity index (χ1) is 13.4. The highest BCUT2D eigenvalue weighted by Gasteiger charge is 2.55. The summed E-state index contributed by atoms with van der Waals surface area (Å²) >= 11 is 11.7. The van der Waals surface area contributed by atoms with E-state index in [0.717, 1.165) is 29.0 Å². The van der Waals surface area contributed by atoms with Crippen molar-refractivity contribution in [2.45, 2.75) is 32.0 Å². The zero-order chi connectivity index (χ0) is 22.0. The Bertz CT molecular complexity index is 920. The van der Waals surface area contributed by atoms with E-state index in [4.69, 9.17) is 23.2 Å². The Labute approximate surface area is 178 Å². The molecule has 1 atom stereocenters. The largest absolute Gasteiger partial charge is 0.421 e. The fourth-order valence-corrected chi connectivity index (χ4v) is 3.63. The van der Waals surface area contributed by atoms with E-state index < -0.39 is 23.8 Å². The number of alkyl halides is 3. The molecule has 0 aromatic heterocycles. The quantitative estimate of drug-likeness (QED) is 0.496. The fraction of sp³-hybridized carbons (Fsp3) is 0.273. The van der Waals surface area contributed by atoms with Gasteiger partial charge < -0.3 is 10.4 Å². The van der Waals surface area contributed by atoms with Gasteiger partial charge in [-0.25, -0.2) is 0 Å². The number of halogens is 5. The Morgan fingerprint density at radius 2 is 1.66 bits per heavy atom. The zero-order valence-corrected chi connectivity index (χ0v) is 17.6. The topological polar surface area (TPSA) is 32.3 Å². The van der Waals surface area contributed by atoms with Gasteiger partial charge in [0.15, 0.2) is 5.60 Å². The molecule has 0 heterocycles. The van der Waals surface area contributed by atoms with Crippen LogP contribution in [-0.2, 0) is 5.60 Å². The second-order valence-corrected chi connectivity index (χ2v) is 7.71. The molecule has 156 valence electrons. The highest BCUT2D eigenvalue weighted by Crippen LogP contribution is 2.46. The van der Waals surface area contributed by atoms with Crippen LogP contribution in [0.3, 0.4) is 0 Å². The molecule has 0 aliphatic rings. The van der Waals surface area contributed by atoms with E-state index in [2.05, 4.69) is 18.5 Å². The molecule has 0 bridgehead atoms. The Balaban J connectivity index is 2.41. The van der Waals surface area contributed by atoms with E-state index in [1.807, 2.05) is 13.8 Å². The molecule has 2 N–H and O–H groups in total. The average molecular weight is 444 g/mol.